The predicted molar refractivity (Wildman–Crippen MR) is 125 cm³/mol. The number of nitrogens with one attached hydrogen (secondary N) is 1. The quantitative estimate of drug-likeness (QED) is 0.257. The molecule has 0 aliphatic carbocycles. The van der Waals surface area contributed by atoms with Crippen LogP contribution >= 0.6 is 11.6 Å². The first kappa shape index (κ1) is 24.3. The Morgan fingerprint density at radius 3 is 2.38 bits per heavy atom. The van der Waals surface area contributed by atoms with Gasteiger partial charge < -0.3 is 19.9 Å². The zero-order valence-corrected chi connectivity index (χ0v) is 18.6. The monoisotopic (exact) mass is 482 g/mol. The number of methoxy groups -OCH3 is 1. The molecule has 0 aromatic heterocycles. The Bertz CT molecular complexity index is 1240. The van der Waals surface area contributed by atoms with Crippen molar-refractivity contribution in [2.75, 3.05) is 7.11 Å². The zero-order valence-electron chi connectivity index (χ0n) is 17.9. The molecule has 0 aliphatic heterocycles. The number of carboxylic acids is 1. The van der Waals surface area contributed by atoms with Crippen LogP contribution in [0, 0.1) is 10.1 Å². The molecule has 3 aromatic rings. The van der Waals surface area contributed by atoms with Gasteiger partial charge in [-0.1, -0.05) is 29.8 Å². The molecule has 0 atom stereocenters. The second-order valence-electron chi connectivity index (χ2n) is 6.93. The maximum atomic E-state index is 12.3. The number of nitro groups is 1. The Labute approximate surface area is 199 Å². The SMILES string of the molecule is COc1cc(/C=C(/NC(=O)c2ccccc2)C(=O)O)cc(Cl)c1OCc1ccc([N+](=O)[O-])cc1. The van der Waals surface area contributed by atoms with Crippen molar-refractivity contribution >= 4 is 35.2 Å². The van der Waals surface area contributed by atoms with Gasteiger partial charge in [-0.3, -0.25) is 14.9 Å². The van der Waals surface area contributed by atoms with E-state index in [-0.39, 0.29) is 34.5 Å². The number of hydrogen-bond acceptors (Lipinski definition) is 6. The second-order valence-corrected chi connectivity index (χ2v) is 7.34. The number of nitro benzene ring substituents is 1. The average molecular weight is 483 g/mol. The van der Waals surface area contributed by atoms with Crippen molar-refractivity contribution in [3.8, 4) is 11.5 Å². The fourth-order valence-electron chi connectivity index (χ4n) is 2.93. The van der Waals surface area contributed by atoms with E-state index < -0.39 is 16.8 Å². The molecule has 34 heavy (non-hydrogen) atoms. The van der Waals surface area contributed by atoms with Crippen LogP contribution in [0.3, 0.4) is 0 Å². The molecule has 1 amide bonds. The highest BCUT2D eigenvalue weighted by Gasteiger charge is 2.16. The maximum Gasteiger partial charge on any atom is 0.352 e. The van der Waals surface area contributed by atoms with Gasteiger partial charge in [0.05, 0.1) is 17.1 Å². The van der Waals surface area contributed by atoms with E-state index in [0.717, 1.165) is 0 Å². The van der Waals surface area contributed by atoms with Gasteiger partial charge in [0.1, 0.15) is 12.3 Å². The molecule has 0 bridgehead atoms. The third kappa shape index (κ3) is 6.11. The van der Waals surface area contributed by atoms with Crippen LogP contribution in [0.15, 0.2) is 72.4 Å². The Morgan fingerprint density at radius 1 is 1.12 bits per heavy atom. The van der Waals surface area contributed by atoms with Gasteiger partial charge in [-0.15, -0.1) is 0 Å². The molecular formula is C24H19ClN2O7. The molecule has 174 valence electrons. The van der Waals surface area contributed by atoms with E-state index >= 15 is 0 Å². The first-order valence-electron chi connectivity index (χ1n) is 9.83. The summed E-state index contributed by atoms with van der Waals surface area (Å²) in [6, 6.07) is 17.0. The average Bonchev–Trinajstić information content (AvgIpc) is 2.83. The van der Waals surface area contributed by atoms with Gasteiger partial charge >= 0.3 is 5.97 Å². The predicted octanol–water partition coefficient (Wildman–Crippen LogP) is 4.69. The minimum atomic E-state index is -1.34. The topological polar surface area (TPSA) is 128 Å². The Morgan fingerprint density at radius 2 is 1.79 bits per heavy atom. The highest BCUT2D eigenvalue weighted by Crippen LogP contribution is 2.37. The summed E-state index contributed by atoms with van der Waals surface area (Å²) in [6.07, 6.45) is 1.25. The van der Waals surface area contributed by atoms with E-state index in [1.54, 1.807) is 42.5 Å². The largest absolute Gasteiger partial charge is 0.493 e. The number of amides is 1. The van der Waals surface area contributed by atoms with Gasteiger partial charge in [-0.25, -0.2) is 4.79 Å². The van der Waals surface area contributed by atoms with Crippen molar-refractivity contribution in [1.82, 2.24) is 5.32 Å². The molecule has 0 saturated heterocycles. The summed E-state index contributed by atoms with van der Waals surface area (Å²) in [5, 5.41) is 22.8. The van der Waals surface area contributed by atoms with Crippen molar-refractivity contribution in [2.45, 2.75) is 6.61 Å². The molecular weight excluding hydrogens is 464 g/mol. The molecule has 0 fully saturated rings. The summed E-state index contributed by atoms with van der Waals surface area (Å²) in [4.78, 5) is 34.3. The first-order chi connectivity index (χ1) is 16.3. The number of carbonyl (C=O) groups is 2. The molecule has 3 aromatic carbocycles. The van der Waals surface area contributed by atoms with Gasteiger partial charge in [0, 0.05) is 17.7 Å². The number of aliphatic carboxylic acids is 1. The van der Waals surface area contributed by atoms with Crippen molar-refractivity contribution < 1.29 is 29.1 Å². The van der Waals surface area contributed by atoms with Crippen molar-refractivity contribution in [3.63, 3.8) is 0 Å². The summed E-state index contributed by atoms with van der Waals surface area (Å²) in [5.41, 5.74) is 0.940. The van der Waals surface area contributed by atoms with Gasteiger partial charge in [-0.2, -0.15) is 0 Å². The molecule has 3 rings (SSSR count). The van der Waals surface area contributed by atoms with Crippen LogP contribution in [0.2, 0.25) is 5.02 Å². The standard InChI is InChI=1S/C24H19ClN2O7/c1-33-21-13-16(12-20(24(29)30)26-23(28)17-5-3-2-4-6-17)11-19(25)22(21)34-14-15-7-9-18(10-8-15)27(31)32/h2-13H,14H2,1H3,(H,26,28)(H,29,30)/b20-12+. The highest BCUT2D eigenvalue weighted by molar-refractivity contribution is 6.32. The van der Waals surface area contributed by atoms with Gasteiger partial charge in [0.15, 0.2) is 11.5 Å². The third-order valence-electron chi connectivity index (χ3n) is 4.61. The van der Waals surface area contributed by atoms with Crippen LogP contribution in [-0.2, 0) is 11.4 Å². The lowest BCUT2D eigenvalue weighted by molar-refractivity contribution is -0.384. The van der Waals surface area contributed by atoms with Gasteiger partial charge in [-0.05, 0) is 53.6 Å². The Balaban J connectivity index is 1.81. The normalized spacial score (nSPS) is 10.9. The lowest BCUT2D eigenvalue weighted by Crippen LogP contribution is -2.27. The fraction of sp³-hybridized carbons (Fsp3) is 0.0833. The van der Waals surface area contributed by atoms with Gasteiger partial charge in [0.2, 0.25) is 0 Å². The smallest absolute Gasteiger partial charge is 0.352 e. The molecule has 0 saturated carbocycles. The number of hydrogen-bond donors (Lipinski definition) is 2. The van der Waals surface area contributed by atoms with E-state index in [1.165, 1.54) is 37.5 Å². The molecule has 0 aliphatic rings. The van der Waals surface area contributed by atoms with Crippen LogP contribution in [0.1, 0.15) is 21.5 Å². The third-order valence-corrected chi connectivity index (χ3v) is 4.89. The van der Waals surface area contributed by atoms with Crippen LogP contribution in [-0.4, -0.2) is 29.0 Å². The molecule has 9 nitrogen and oxygen atoms in total. The Kier molecular flexibility index (Phi) is 7.83. The van der Waals surface area contributed by atoms with E-state index in [1.807, 2.05) is 0 Å². The molecule has 0 radical (unpaired) electrons. The number of carbonyl (C=O) groups excluding carboxylic acids is 1. The summed E-state index contributed by atoms with van der Waals surface area (Å²) in [5.74, 6) is -1.46. The zero-order chi connectivity index (χ0) is 24.7. The molecule has 2 N–H and O–H groups in total. The van der Waals surface area contributed by atoms with Crippen LogP contribution in [0.5, 0.6) is 11.5 Å². The summed E-state index contributed by atoms with van der Waals surface area (Å²) < 4.78 is 11.1. The molecule has 0 spiro atoms. The number of rotatable bonds is 9. The van der Waals surface area contributed by atoms with Crippen LogP contribution in [0.25, 0.3) is 6.08 Å². The van der Waals surface area contributed by atoms with E-state index in [4.69, 9.17) is 21.1 Å². The maximum absolute atomic E-state index is 12.3. The number of non-ortho nitro benzene ring substituents is 1. The minimum Gasteiger partial charge on any atom is -0.493 e. The lowest BCUT2D eigenvalue weighted by Gasteiger charge is -2.14. The van der Waals surface area contributed by atoms with Crippen molar-refractivity contribution in [2.24, 2.45) is 0 Å². The van der Waals surface area contributed by atoms with E-state index in [0.29, 0.717) is 16.7 Å². The summed E-state index contributed by atoms with van der Waals surface area (Å²) in [7, 11) is 1.40. The van der Waals surface area contributed by atoms with Crippen LogP contribution < -0.4 is 14.8 Å². The summed E-state index contributed by atoms with van der Waals surface area (Å²) in [6.45, 7) is 0.0662. The lowest BCUT2D eigenvalue weighted by atomic mass is 10.1. The molecule has 10 heteroatoms. The first-order valence-corrected chi connectivity index (χ1v) is 10.2. The molecule has 0 heterocycles. The summed E-state index contributed by atoms with van der Waals surface area (Å²) >= 11 is 6.35. The van der Waals surface area contributed by atoms with E-state index in [2.05, 4.69) is 5.32 Å². The van der Waals surface area contributed by atoms with E-state index in [9.17, 15) is 24.8 Å². The number of nitrogens with zero attached hydrogens (tertiary/aromatic N) is 1. The number of benzene rings is 3. The number of ether oxygens (including phenoxy) is 2. The minimum absolute atomic E-state index is 0.0379. The number of halogens is 1. The molecule has 0 unspecified atom stereocenters. The highest BCUT2D eigenvalue weighted by atomic mass is 35.5. The second kappa shape index (κ2) is 11.0. The fourth-order valence-corrected chi connectivity index (χ4v) is 3.21. The number of carboxylic acid groups (broad SMARTS) is 1. The van der Waals surface area contributed by atoms with Crippen molar-refractivity contribution in [1.29, 1.82) is 0 Å². The van der Waals surface area contributed by atoms with Crippen molar-refractivity contribution in [3.05, 3.63) is 104 Å². The van der Waals surface area contributed by atoms with Crippen LogP contribution in [0.4, 0.5) is 5.69 Å². The Hall–Kier alpha value is -4.37. The van der Waals surface area contributed by atoms with Gasteiger partial charge in [0.25, 0.3) is 11.6 Å².